The zero-order valence-corrected chi connectivity index (χ0v) is 18.5. The molecule has 0 unspecified atom stereocenters. The maximum atomic E-state index is 13.5. The number of aryl methyl sites for hydroxylation is 1. The van der Waals surface area contributed by atoms with Gasteiger partial charge < -0.3 is 4.74 Å². The fraction of sp³-hybridized carbons (Fsp3) is 0.167. The zero-order valence-electron chi connectivity index (χ0n) is 17.7. The lowest BCUT2D eigenvalue weighted by Crippen LogP contribution is -2.29. The number of aromatic nitrogens is 2. The second kappa shape index (κ2) is 8.47. The molecule has 8 heteroatoms. The maximum absolute atomic E-state index is 13.5. The summed E-state index contributed by atoms with van der Waals surface area (Å²) in [5.41, 5.74) is 1.14. The average molecular weight is 451 g/mol. The van der Waals surface area contributed by atoms with Crippen LogP contribution < -0.4 is 10.3 Å². The zero-order chi connectivity index (χ0) is 22.9. The van der Waals surface area contributed by atoms with E-state index in [-0.39, 0.29) is 34.5 Å². The molecule has 0 aliphatic rings. The van der Waals surface area contributed by atoms with Crippen LogP contribution in [-0.4, -0.2) is 30.1 Å². The molecule has 32 heavy (non-hydrogen) atoms. The van der Waals surface area contributed by atoms with E-state index in [1.54, 1.807) is 48.5 Å². The Kier molecular flexibility index (Phi) is 5.71. The molecular weight excluding hydrogens is 428 g/mol. The number of Topliss-reactive ketones (excluding diaryl/α,β-unsaturated/α-hetero) is 1. The number of hydrogen-bond donors (Lipinski definition) is 0. The van der Waals surface area contributed by atoms with Gasteiger partial charge in [0.15, 0.2) is 5.78 Å². The van der Waals surface area contributed by atoms with Crippen LogP contribution in [0.1, 0.15) is 22.3 Å². The summed E-state index contributed by atoms with van der Waals surface area (Å²) >= 11 is 0. The highest BCUT2D eigenvalue weighted by molar-refractivity contribution is 7.90. The summed E-state index contributed by atoms with van der Waals surface area (Å²) in [4.78, 5) is 25.9. The highest BCUT2D eigenvalue weighted by atomic mass is 32.2. The predicted octanol–water partition coefficient (Wildman–Crippen LogP) is 3.63. The van der Waals surface area contributed by atoms with Crippen LogP contribution in [0.15, 0.2) is 82.5 Å². The summed E-state index contributed by atoms with van der Waals surface area (Å²) in [5.74, 6) is 0.256. The maximum Gasteiger partial charge on any atom is 0.282 e. The fourth-order valence-electron chi connectivity index (χ4n) is 3.57. The van der Waals surface area contributed by atoms with Crippen LogP contribution in [0, 0.1) is 6.92 Å². The van der Waals surface area contributed by atoms with Crippen molar-refractivity contribution in [3.05, 3.63) is 94.3 Å². The number of nitrogens with zero attached hydrogens (tertiary/aromatic N) is 2. The van der Waals surface area contributed by atoms with Crippen LogP contribution in [-0.2, 0) is 16.6 Å². The third-order valence-electron chi connectivity index (χ3n) is 5.29. The van der Waals surface area contributed by atoms with E-state index in [2.05, 4.69) is 0 Å². The van der Waals surface area contributed by atoms with Gasteiger partial charge in [0.2, 0.25) is 0 Å². The molecule has 0 atom stereocenters. The summed E-state index contributed by atoms with van der Waals surface area (Å²) < 4.78 is 34.4. The van der Waals surface area contributed by atoms with Crippen LogP contribution >= 0.6 is 0 Å². The normalized spacial score (nSPS) is 11.6. The Morgan fingerprint density at radius 2 is 1.66 bits per heavy atom. The molecule has 0 saturated carbocycles. The monoisotopic (exact) mass is 450 g/mol. The molecule has 1 heterocycles. The van der Waals surface area contributed by atoms with Crippen molar-refractivity contribution in [2.75, 3.05) is 7.11 Å². The first-order chi connectivity index (χ1) is 15.3. The van der Waals surface area contributed by atoms with Gasteiger partial charge in [-0.1, -0.05) is 48.0 Å². The number of rotatable bonds is 7. The van der Waals surface area contributed by atoms with E-state index in [1.165, 1.54) is 31.4 Å². The average Bonchev–Trinajstić information content (AvgIpc) is 3.09. The van der Waals surface area contributed by atoms with Crippen molar-refractivity contribution in [3.8, 4) is 5.75 Å². The number of ether oxygens (including phenoxy) is 1. The van der Waals surface area contributed by atoms with Gasteiger partial charge in [-0.3, -0.25) is 9.59 Å². The Balaban J connectivity index is 1.85. The molecule has 0 saturated heterocycles. The van der Waals surface area contributed by atoms with E-state index in [4.69, 9.17) is 4.74 Å². The summed E-state index contributed by atoms with van der Waals surface area (Å²) in [6.07, 6.45) is -0.0270. The number of fused-ring (bicyclic) bond motifs is 1. The first-order valence-corrected chi connectivity index (χ1v) is 11.5. The molecular formula is C24H22N2O5S. The Morgan fingerprint density at radius 1 is 0.969 bits per heavy atom. The molecule has 4 aromatic rings. The molecule has 7 nitrogen and oxygen atoms in total. The van der Waals surface area contributed by atoms with Crippen molar-refractivity contribution in [2.24, 2.45) is 0 Å². The Hall–Kier alpha value is -3.65. The van der Waals surface area contributed by atoms with Crippen molar-refractivity contribution >= 4 is 26.7 Å². The number of hydrogen-bond acceptors (Lipinski definition) is 5. The lowest BCUT2D eigenvalue weighted by molar-refractivity contribution is 0.0975. The van der Waals surface area contributed by atoms with Crippen molar-refractivity contribution in [3.63, 3.8) is 0 Å². The highest BCUT2D eigenvalue weighted by Crippen LogP contribution is 2.24. The largest absolute Gasteiger partial charge is 0.497 e. The Morgan fingerprint density at radius 3 is 2.31 bits per heavy atom. The summed E-state index contributed by atoms with van der Waals surface area (Å²) in [6, 6.07) is 19.7. The summed E-state index contributed by atoms with van der Waals surface area (Å²) in [7, 11) is -2.63. The van der Waals surface area contributed by atoms with Gasteiger partial charge in [-0.05, 0) is 37.3 Å². The molecule has 164 valence electrons. The van der Waals surface area contributed by atoms with Crippen LogP contribution in [0.5, 0.6) is 5.75 Å². The molecule has 0 aliphatic carbocycles. The third-order valence-corrected chi connectivity index (χ3v) is 7.00. The van der Waals surface area contributed by atoms with Crippen LogP contribution in [0.2, 0.25) is 0 Å². The lowest BCUT2D eigenvalue weighted by atomic mass is 10.1. The van der Waals surface area contributed by atoms with E-state index < -0.39 is 15.6 Å². The molecule has 1 aromatic heterocycles. The van der Waals surface area contributed by atoms with Crippen molar-refractivity contribution in [1.29, 1.82) is 0 Å². The predicted molar refractivity (Wildman–Crippen MR) is 122 cm³/mol. The molecule has 0 spiro atoms. The van der Waals surface area contributed by atoms with Crippen molar-refractivity contribution in [2.45, 2.75) is 24.8 Å². The van der Waals surface area contributed by atoms with Crippen molar-refractivity contribution in [1.82, 2.24) is 8.77 Å². The fourth-order valence-corrected chi connectivity index (χ4v) is 5.08. The first-order valence-electron chi connectivity index (χ1n) is 10.0. The minimum Gasteiger partial charge on any atom is -0.497 e. The van der Waals surface area contributed by atoms with Gasteiger partial charge in [0, 0.05) is 12.0 Å². The van der Waals surface area contributed by atoms with Gasteiger partial charge in [-0.25, -0.2) is 4.68 Å². The van der Waals surface area contributed by atoms with Crippen LogP contribution in [0.25, 0.3) is 10.9 Å². The van der Waals surface area contributed by atoms with E-state index in [1.807, 2.05) is 6.92 Å². The number of ketones is 1. The van der Waals surface area contributed by atoms with Gasteiger partial charge in [-0.2, -0.15) is 12.5 Å². The van der Waals surface area contributed by atoms with Gasteiger partial charge in [0.05, 0.1) is 29.5 Å². The van der Waals surface area contributed by atoms with Gasteiger partial charge in [-0.15, -0.1) is 0 Å². The third kappa shape index (κ3) is 3.85. The van der Waals surface area contributed by atoms with Gasteiger partial charge >= 0.3 is 0 Å². The van der Waals surface area contributed by atoms with Crippen LogP contribution in [0.4, 0.5) is 0 Å². The smallest absolute Gasteiger partial charge is 0.282 e. The molecule has 3 aromatic carbocycles. The van der Waals surface area contributed by atoms with E-state index >= 15 is 0 Å². The molecule has 4 rings (SSSR count). The molecule has 0 fully saturated rings. The van der Waals surface area contributed by atoms with Crippen LogP contribution in [0.3, 0.4) is 0 Å². The van der Waals surface area contributed by atoms with E-state index in [0.29, 0.717) is 11.3 Å². The topological polar surface area (TPSA) is 87.4 Å². The Labute approximate surface area is 185 Å². The number of carbonyl (C=O) groups excluding carboxylic acids is 1. The first kappa shape index (κ1) is 21.6. The quantitative estimate of drug-likeness (QED) is 0.401. The Bertz CT molecular complexity index is 1450. The minimum absolute atomic E-state index is 0.0270. The molecule has 0 amide bonds. The van der Waals surface area contributed by atoms with E-state index in [0.717, 1.165) is 14.3 Å². The summed E-state index contributed by atoms with van der Waals surface area (Å²) in [6.45, 7) is 1.77. The second-order valence-electron chi connectivity index (χ2n) is 7.41. The van der Waals surface area contributed by atoms with E-state index in [9.17, 15) is 18.0 Å². The molecule has 0 bridgehead atoms. The molecule has 0 aliphatic heterocycles. The minimum atomic E-state index is -4.10. The second-order valence-corrected chi connectivity index (χ2v) is 9.18. The SMILES string of the molecule is COc1ccc2c(c1)c(=O)n(CCC(=O)c1ccccc1)n2S(=O)(=O)c1ccc(C)cc1. The number of methoxy groups -OCH3 is 1. The van der Waals surface area contributed by atoms with Gasteiger partial charge in [0.25, 0.3) is 15.6 Å². The molecule has 0 N–H and O–H groups in total. The standard InChI is InChI=1S/C24H22N2O5S/c1-17-8-11-20(12-9-17)32(29,30)26-22-13-10-19(31-2)16-21(22)24(28)25(26)15-14-23(27)18-6-4-3-5-7-18/h3-13,16H,14-15H2,1-2H3. The number of carbonyl (C=O) groups is 1. The number of benzene rings is 3. The highest BCUT2D eigenvalue weighted by Gasteiger charge is 2.26. The lowest BCUT2D eigenvalue weighted by Gasteiger charge is -2.14. The molecule has 0 radical (unpaired) electrons. The summed E-state index contributed by atoms with van der Waals surface area (Å²) in [5, 5.41) is 0.201. The van der Waals surface area contributed by atoms with Crippen molar-refractivity contribution < 1.29 is 17.9 Å². The van der Waals surface area contributed by atoms with Gasteiger partial charge in [0.1, 0.15) is 5.75 Å².